The number of imide groups is 1. The third-order valence-electron chi connectivity index (χ3n) is 2.54. The van der Waals surface area contributed by atoms with Gasteiger partial charge in [0.15, 0.2) is 0 Å². The fraction of sp³-hybridized carbons (Fsp3) is 0.200. The van der Waals surface area contributed by atoms with Crippen molar-refractivity contribution in [3.8, 4) is 0 Å². The Morgan fingerprint density at radius 1 is 1.24 bits per heavy atom. The van der Waals surface area contributed by atoms with E-state index in [1.54, 1.807) is 6.07 Å². The summed E-state index contributed by atoms with van der Waals surface area (Å²) in [7, 11) is 0. The van der Waals surface area contributed by atoms with Crippen LogP contribution in [0, 0.1) is 10.1 Å². The van der Waals surface area contributed by atoms with Gasteiger partial charge in [-0.3, -0.25) is 25.0 Å². The van der Waals surface area contributed by atoms with Crippen molar-refractivity contribution in [3.63, 3.8) is 0 Å². The number of hydrogen-bond acceptors (Lipinski definition) is 4. The number of alkyl halides is 1. The first kappa shape index (κ1) is 11.7. The van der Waals surface area contributed by atoms with Crippen molar-refractivity contribution in [2.75, 3.05) is 0 Å². The minimum atomic E-state index is -0.857. The molecule has 0 spiro atoms. The second-order valence-electron chi connectivity index (χ2n) is 3.55. The smallest absolute Gasteiger partial charge is 0.273 e. The van der Waals surface area contributed by atoms with Gasteiger partial charge in [0.25, 0.3) is 5.69 Å². The lowest BCUT2D eigenvalue weighted by Crippen LogP contribution is -2.22. The van der Waals surface area contributed by atoms with Crippen LogP contribution in [-0.4, -0.2) is 21.6 Å². The van der Waals surface area contributed by atoms with Gasteiger partial charge in [-0.25, -0.2) is 0 Å². The van der Waals surface area contributed by atoms with Crippen LogP contribution in [0.3, 0.4) is 0 Å². The number of hydrogen-bond donors (Lipinski definition) is 1. The molecule has 0 aromatic heterocycles. The molecule has 1 saturated heterocycles. The Morgan fingerprint density at radius 3 is 2.41 bits per heavy atom. The third-order valence-corrected chi connectivity index (χ3v) is 3.49. The largest absolute Gasteiger partial charge is 0.295 e. The predicted octanol–water partition coefficient (Wildman–Crippen LogP) is 1.10. The summed E-state index contributed by atoms with van der Waals surface area (Å²) in [6.07, 6.45) is 0. The van der Waals surface area contributed by atoms with Crippen molar-refractivity contribution < 1.29 is 14.5 Å². The summed E-state index contributed by atoms with van der Waals surface area (Å²) in [4.78, 5) is 32.4. The van der Waals surface area contributed by atoms with Gasteiger partial charge in [-0.05, 0) is 0 Å². The van der Waals surface area contributed by atoms with Crippen molar-refractivity contribution in [1.29, 1.82) is 0 Å². The van der Waals surface area contributed by atoms with Crippen LogP contribution in [0.15, 0.2) is 24.3 Å². The van der Waals surface area contributed by atoms with Crippen LogP contribution in [0.4, 0.5) is 5.69 Å². The number of nitrogens with zero attached hydrogens (tertiary/aromatic N) is 1. The number of carbonyl (C=O) groups excluding carboxylic acids is 2. The van der Waals surface area contributed by atoms with Crippen molar-refractivity contribution in [3.05, 3.63) is 39.9 Å². The van der Waals surface area contributed by atoms with E-state index in [2.05, 4.69) is 21.2 Å². The highest BCUT2D eigenvalue weighted by Crippen LogP contribution is 2.35. The number of para-hydroxylation sites is 1. The number of nitrogens with one attached hydrogen (secondary N) is 1. The summed E-state index contributed by atoms with van der Waals surface area (Å²) in [5.74, 6) is -1.85. The Labute approximate surface area is 104 Å². The number of rotatable bonds is 2. The minimum absolute atomic E-state index is 0.160. The zero-order valence-electron chi connectivity index (χ0n) is 8.42. The molecule has 0 saturated carbocycles. The summed E-state index contributed by atoms with van der Waals surface area (Å²) in [6.45, 7) is 0. The lowest BCUT2D eigenvalue weighted by Gasteiger charge is -2.10. The maximum Gasteiger partial charge on any atom is 0.273 e. The van der Waals surface area contributed by atoms with E-state index < -0.39 is 27.5 Å². The number of nitro groups is 1. The minimum Gasteiger partial charge on any atom is -0.295 e. The highest BCUT2D eigenvalue weighted by molar-refractivity contribution is 9.10. The second-order valence-corrected chi connectivity index (χ2v) is 4.54. The lowest BCUT2D eigenvalue weighted by molar-refractivity contribution is -0.385. The molecule has 1 aliphatic rings. The average Bonchev–Trinajstić information content (AvgIpc) is 2.53. The molecule has 2 atom stereocenters. The third kappa shape index (κ3) is 1.93. The normalized spacial score (nSPS) is 23.6. The Hall–Kier alpha value is -1.76. The van der Waals surface area contributed by atoms with Gasteiger partial charge in [0.2, 0.25) is 11.8 Å². The van der Waals surface area contributed by atoms with Crippen LogP contribution in [0.5, 0.6) is 0 Å². The fourth-order valence-electron chi connectivity index (χ4n) is 1.77. The van der Waals surface area contributed by atoms with E-state index in [0.29, 0.717) is 0 Å². The highest BCUT2D eigenvalue weighted by Gasteiger charge is 2.43. The van der Waals surface area contributed by atoms with Crippen molar-refractivity contribution in [1.82, 2.24) is 5.32 Å². The Kier molecular flexibility index (Phi) is 2.93. The summed E-state index contributed by atoms with van der Waals surface area (Å²) in [5.41, 5.74) is 0.0783. The quantitative estimate of drug-likeness (QED) is 0.383. The van der Waals surface area contributed by atoms with Crippen LogP contribution in [0.25, 0.3) is 0 Å². The van der Waals surface area contributed by atoms with E-state index in [0.717, 1.165) is 0 Å². The Balaban J connectivity index is 2.51. The monoisotopic (exact) mass is 298 g/mol. The number of nitro benzene ring substituents is 1. The lowest BCUT2D eigenvalue weighted by atomic mass is 9.96. The van der Waals surface area contributed by atoms with Gasteiger partial charge < -0.3 is 0 Å². The molecule has 2 amide bonds. The molecule has 1 heterocycles. The van der Waals surface area contributed by atoms with Gasteiger partial charge in [0, 0.05) is 11.6 Å². The van der Waals surface area contributed by atoms with Gasteiger partial charge >= 0.3 is 0 Å². The van der Waals surface area contributed by atoms with E-state index in [4.69, 9.17) is 0 Å². The first-order chi connectivity index (χ1) is 8.02. The molecule has 1 aliphatic heterocycles. The van der Waals surface area contributed by atoms with Crippen molar-refractivity contribution in [2.24, 2.45) is 0 Å². The second kappa shape index (κ2) is 4.25. The van der Waals surface area contributed by atoms with E-state index in [1.807, 2.05) is 0 Å². The van der Waals surface area contributed by atoms with Crippen LogP contribution < -0.4 is 5.32 Å². The summed E-state index contributed by atoms with van der Waals surface area (Å²) >= 11 is 3.08. The van der Waals surface area contributed by atoms with Crippen molar-refractivity contribution >= 4 is 33.4 Å². The zero-order chi connectivity index (χ0) is 12.6. The molecule has 0 aliphatic carbocycles. The molecule has 17 heavy (non-hydrogen) atoms. The Morgan fingerprint density at radius 2 is 1.88 bits per heavy atom. The molecule has 1 N–H and O–H groups in total. The van der Waals surface area contributed by atoms with Gasteiger partial charge in [-0.1, -0.05) is 34.1 Å². The average molecular weight is 299 g/mol. The van der Waals surface area contributed by atoms with Crippen LogP contribution >= 0.6 is 15.9 Å². The summed E-state index contributed by atoms with van der Waals surface area (Å²) < 4.78 is 0. The standard InChI is InChI=1S/C10H7BrN2O4/c11-8-7(9(14)12-10(8)15)5-3-1-2-4-6(5)13(16)17/h1-4,7-8H,(H,12,14,15). The summed E-state index contributed by atoms with van der Waals surface area (Å²) in [5, 5.41) is 13.0. The van der Waals surface area contributed by atoms with E-state index >= 15 is 0 Å². The molecular weight excluding hydrogens is 292 g/mol. The molecule has 0 bridgehead atoms. The summed E-state index contributed by atoms with van der Waals surface area (Å²) in [6, 6.07) is 5.90. The topological polar surface area (TPSA) is 89.3 Å². The highest BCUT2D eigenvalue weighted by atomic mass is 79.9. The molecule has 2 rings (SSSR count). The number of benzene rings is 1. The van der Waals surface area contributed by atoms with Crippen LogP contribution in [0.2, 0.25) is 0 Å². The van der Waals surface area contributed by atoms with E-state index in [9.17, 15) is 19.7 Å². The molecule has 1 aromatic rings. The molecule has 6 nitrogen and oxygen atoms in total. The predicted molar refractivity (Wildman–Crippen MR) is 61.7 cm³/mol. The molecular formula is C10H7BrN2O4. The first-order valence-electron chi connectivity index (χ1n) is 4.74. The fourth-order valence-corrected chi connectivity index (χ4v) is 2.41. The van der Waals surface area contributed by atoms with Crippen LogP contribution in [-0.2, 0) is 9.59 Å². The van der Waals surface area contributed by atoms with Gasteiger partial charge in [-0.15, -0.1) is 0 Å². The number of halogens is 1. The van der Waals surface area contributed by atoms with E-state index in [-0.39, 0.29) is 11.3 Å². The molecule has 1 aromatic carbocycles. The molecule has 0 radical (unpaired) electrons. The maximum atomic E-state index is 11.6. The molecule has 88 valence electrons. The zero-order valence-corrected chi connectivity index (χ0v) is 10.0. The first-order valence-corrected chi connectivity index (χ1v) is 5.66. The molecule has 2 unspecified atom stereocenters. The SMILES string of the molecule is O=C1NC(=O)C(c2ccccc2[N+](=O)[O-])C1Br. The number of amides is 2. The van der Waals surface area contributed by atoms with Crippen molar-refractivity contribution in [2.45, 2.75) is 10.7 Å². The molecule has 1 fully saturated rings. The van der Waals surface area contributed by atoms with Gasteiger partial charge in [-0.2, -0.15) is 0 Å². The van der Waals surface area contributed by atoms with Gasteiger partial charge in [0.05, 0.1) is 10.8 Å². The maximum absolute atomic E-state index is 11.6. The van der Waals surface area contributed by atoms with E-state index in [1.165, 1.54) is 18.2 Å². The van der Waals surface area contributed by atoms with Gasteiger partial charge in [0.1, 0.15) is 4.83 Å². The number of carbonyl (C=O) groups is 2. The Bertz CT molecular complexity index is 517. The van der Waals surface area contributed by atoms with Crippen LogP contribution in [0.1, 0.15) is 11.5 Å². The molecule has 7 heteroatoms.